The number of hydrogen-bond acceptors (Lipinski definition) is 2. The van der Waals surface area contributed by atoms with Crippen molar-refractivity contribution >= 4 is 27.3 Å². The number of aliphatic hydroxyl groups excluding tert-OH is 1. The van der Waals surface area contributed by atoms with Crippen molar-refractivity contribution in [2.75, 3.05) is 6.61 Å². The smallest absolute Gasteiger partial charge is 0.0488 e. The number of thiophene rings is 1. The van der Waals surface area contributed by atoms with Gasteiger partial charge in [0.05, 0.1) is 0 Å². The molecule has 0 bridgehead atoms. The Balaban J connectivity index is 2.67. The van der Waals surface area contributed by atoms with Crippen molar-refractivity contribution in [1.82, 2.24) is 0 Å². The fourth-order valence-electron chi connectivity index (χ4n) is 1.16. The topological polar surface area (TPSA) is 20.2 Å². The van der Waals surface area contributed by atoms with Crippen molar-refractivity contribution in [1.29, 1.82) is 0 Å². The lowest BCUT2D eigenvalue weighted by molar-refractivity contribution is 0.138. The molecule has 0 aliphatic heterocycles. The van der Waals surface area contributed by atoms with Crippen LogP contribution in [0.5, 0.6) is 0 Å². The third-order valence-electron chi connectivity index (χ3n) is 2.46. The lowest BCUT2D eigenvalue weighted by atomic mass is 9.84. The highest BCUT2D eigenvalue weighted by molar-refractivity contribution is 9.10. The van der Waals surface area contributed by atoms with Gasteiger partial charge in [0.1, 0.15) is 0 Å². The minimum Gasteiger partial charge on any atom is -0.396 e. The zero-order valence-electron chi connectivity index (χ0n) is 8.01. The summed E-state index contributed by atoms with van der Waals surface area (Å²) in [4.78, 5) is 1.34. The molecule has 74 valence electrons. The van der Waals surface area contributed by atoms with Gasteiger partial charge in [-0.2, -0.15) is 0 Å². The van der Waals surface area contributed by atoms with Crippen molar-refractivity contribution in [3.05, 3.63) is 20.8 Å². The molecule has 0 saturated carbocycles. The zero-order chi connectivity index (χ0) is 9.90. The van der Waals surface area contributed by atoms with E-state index >= 15 is 0 Å². The molecule has 3 heteroatoms. The summed E-state index contributed by atoms with van der Waals surface area (Å²) in [5.41, 5.74) is 0.0459. The van der Waals surface area contributed by atoms with Gasteiger partial charge < -0.3 is 5.11 Å². The van der Waals surface area contributed by atoms with Crippen LogP contribution in [0.2, 0.25) is 0 Å². The molecule has 1 rings (SSSR count). The third kappa shape index (κ3) is 3.08. The lowest BCUT2D eigenvalue weighted by Crippen LogP contribution is -2.22. The Hall–Kier alpha value is 0.140. The quantitative estimate of drug-likeness (QED) is 0.882. The Bertz CT molecular complexity index is 266. The van der Waals surface area contributed by atoms with Crippen LogP contribution in [0.25, 0.3) is 0 Å². The van der Waals surface area contributed by atoms with E-state index in [1.807, 2.05) is 0 Å². The second kappa shape index (κ2) is 4.58. The molecule has 13 heavy (non-hydrogen) atoms. The minimum absolute atomic E-state index is 0.0459. The van der Waals surface area contributed by atoms with Crippen molar-refractivity contribution in [3.63, 3.8) is 0 Å². The first kappa shape index (κ1) is 11.2. The maximum absolute atomic E-state index is 9.25. The normalized spacial score (nSPS) is 15.7. The standard InChI is InChI=1S/C10H15BrOS/c1-3-10(2,7-12)5-9-4-8(11)6-13-9/h4,6,12H,3,5,7H2,1-2H3. The summed E-state index contributed by atoms with van der Waals surface area (Å²) in [5, 5.41) is 11.3. The van der Waals surface area contributed by atoms with Crippen LogP contribution in [0, 0.1) is 5.41 Å². The highest BCUT2D eigenvalue weighted by Crippen LogP contribution is 2.30. The summed E-state index contributed by atoms with van der Waals surface area (Å²) < 4.78 is 1.14. The van der Waals surface area contributed by atoms with E-state index in [0.29, 0.717) is 0 Å². The molecule has 0 saturated heterocycles. The molecule has 0 spiro atoms. The van der Waals surface area contributed by atoms with Crippen LogP contribution in [0.1, 0.15) is 25.1 Å². The van der Waals surface area contributed by atoms with Crippen molar-refractivity contribution < 1.29 is 5.11 Å². The summed E-state index contributed by atoms with van der Waals surface area (Å²) >= 11 is 5.18. The van der Waals surface area contributed by atoms with Crippen LogP contribution >= 0.6 is 27.3 Å². The van der Waals surface area contributed by atoms with Gasteiger partial charge in [-0.3, -0.25) is 0 Å². The number of hydrogen-bond donors (Lipinski definition) is 1. The van der Waals surface area contributed by atoms with E-state index in [-0.39, 0.29) is 12.0 Å². The second-order valence-corrected chi connectivity index (χ2v) is 5.64. The lowest BCUT2D eigenvalue weighted by Gasteiger charge is -2.24. The van der Waals surface area contributed by atoms with Gasteiger partial charge in [-0.05, 0) is 40.3 Å². The maximum Gasteiger partial charge on any atom is 0.0488 e. The van der Waals surface area contributed by atoms with Crippen molar-refractivity contribution in [3.8, 4) is 0 Å². The third-order valence-corrected chi connectivity index (χ3v) is 4.16. The predicted octanol–water partition coefficient (Wildman–Crippen LogP) is 3.46. The van der Waals surface area contributed by atoms with Gasteiger partial charge in [0, 0.05) is 21.3 Å². The largest absolute Gasteiger partial charge is 0.396 e. The molecular formula is C10H15BrOS. The monoisotopic (exact) mass is 262 g/mol. The average molecular weight is 263 g/mol. The van der Waals surface area contributed by atoms with Gasteiger partial charge in [0.15, 0.2) is 0 Å². The van der Waals surface area contributed by atoms with E-state index in [2.05, 4.69) is 41.2 Å². The number of halogens is 1. The van der Waals surface area contributed by atoms with Crippen LogP contribution in [-0.4, -0.2) is 11.7 Å². The summed E-state index contributed by atoms with van der Waals surface area (Å²) in [5.74, 6) is 0. The molecule has 0 radical (unpaired) electrons. The molecule has 1 unspecified atom stereocenters. The highest BCUT2D eigenvalue weighted by atomic mass is 79.9. The summed E-state index contributed by atoms with van der Waals surface area (Å²) in [6, 6.07) is 2.13. The van der Waals surface area contributed by atoms with Crippen molar-refractivity contribution in [2.45, 2.75) is 26.7 Å². The van der Waals surface area contributed by atoms with E-state index in [1.165, 1.54) is 4.88 Å². The van der Waals surface area contributed by atoms with E-state index in [1.54, 1.807) is 11.3 Å². The molecule has 1 N–H and O–H groups in total. The Morgan fingerprint density at radius 3 is 2.69 bits per heavy atom. The summed E-state index contributed by atoms with van der Waals surface area (Å²) in [6.45, 7) is 4.51. The Kier molecular flexibility index (Phi) is 3.95. The second-order valence-electron chi connectivity index (χ2n) is 3.73. The maximum atomic E-state index is 9.25. The van der Waals surface area contributed by atoms with Crippen LogP contribution in [0.15, 0.2) is 15.9 Å². The van der Waals surface area contributed by atoms with Gasteiger partial charge in [-0.1, -0.05) is 13.8 Å². The SMILES string of the molecule is CCC(C)(CO)Cc1cc(Br)cs1. The van der Waals surface area contributed by atoms with Gasteiger partial charge in [0.2, 0.25) is 0 Å². The first-order valence-electron chi connectivity index (χ1n) is 4.43. The molecular weight excluding hydrogens is 248 g/mol. The first-order chi connectivity index (χ1) is 6.09. The fraction of sp³-hybridized carbons (Fsp3) is 0.600. The molecule has 0 aliphatic rings. The number of rotatable bonds is 4. The molecule has 0 aromatic carbocycles. The Labute approximate surface area is 91.9 Å². The molecule has 0 aliphatic carbocycles. The molecule has 0 amide bonds. The van der Waals surface area contributed by atoms with E-state index in [0.717, 1.165) is 17.3 Å². The van der Waals surface area contributed by atoms with Gasteiger partial charge in [0.25, 0.3) is 0 Å². The van der Waals surface area contributed by atoms with E-state index in [4.69, 9.17) is 0 Å². The first-order valence-corrected chi connectivity index (χ1v) is 6.11. The summed E-state index contributed by atoms with van der Waals surface area (Å²) in [6.07, 6.45) is 1.98. The van der Waals surface area contributed by atoms with Crippen LogP contribution in [0.3, 0.4) is 0 Å². The minimum atomic E-state index is 0.0459. The Morgan fingerprint density at radius 1 is 1.62 bits per heavy atom. The van der Waals surface area contributed by atoms with E-state index in [9.17, 15) is 5.11 Å². The molecule has 0 fully saturated rings. The summed E-state index contributed by atoms with van der Waals surface area (Å²) in [7, 11) is 0. The average Bonchev–Trinajstić information content (AvgIpc) is 2.51. The molecule has 1 heterocycles. The highest BCUT2D eigenvalue weighted by Gasteiger charge is 2.21. The van der Waals surface area contributed by atoms with Gasteiger partial charge >= 0.3 is 0 Å². The van der Waals surface area contributed by atoms with Crippen LogP contribution < -0.4 is 0 Å². The molecule has 1 aromatic rings. The molecule has 1 atom stereocenters. The predicted molar refractivity (Wildman–Crippen MR) is 61.2 cm³/mol. The zero-order valence-corrected chi connectivity index (χ0v) is 10.4. The molecule has 1 nitrogen and oxygen atoms in total. The molecule has 1 aromatic heterocycles. The van der Waals surface area contributed by atoms with Gasteiger partial charge in [-0.25, -0.2) is 0 Å². The fourth-order valence-corrected chi connectivity index (χ4v) is 2.83. The van der Waals surface area contributed by atoms with Gasteiger partial charge in [-0.15, -0.1) is 11.3 Å². The van der Waals surface area contributed by atoms with Crippen LogP contribution in [0.4, 0.5) is 0 Å². The number of aliphatic hydroxyl groups is 1. The van der Waals surface area contributed by atoms with Crippen LogP contribution in [-0.2, 0) is 6.42 Å². The van der Waals surface area contributed by atoms with Crippen molar-refractivity contribution in [2.24, 2.45) is 5.41 Å². The Morgan fingerprint density at radius 2 is 2.31 bits per heavy atom. The van der Waals surface area contributed by atoms with E-state index < -0.39 is 0 Å².